The summed E-state index contributed by atoms with van der Waals surface area (Å²) in [6.07, 6.45) is 8.68. The zero-order chi connectivity index (χ0) is 13.1. The maximum atomic E-state index is 9.77. The SMILES string of the molecule is OCC1(CNC2CCc3ccccc32)CCCCC1. The highest BCUT2D eigenvalue weighted by atomic mass is 16.3. The van der Waals surface area contributed by atoms with Gasteiger partial charge in [-0.2, -0.15) is 0 Å². The van der Waals surface area contributed by atoms with Gasteiger partial charge in [0.15, 0.2) is 0 Å². The fourth-order valence-corrected chi connectivity index (χ4v) is 3.80. The first kappa shape index (κ1) is 13.1. The van der Waals surface area contributed by atoms with Gasteiger partial charge >= 0.3 is 0 Å². The van der Waals surface area contributed by atoms with Crippen LogP contribution in [0.25, 0.3) is 0 Å². The van der Waals surface area contributed by atoms with Gasteiger partial charge in [-0.3, -0.25) is 0 Å². The molecule has 0 bridgehead atoms. The molecule has 3 rings (SSSR count). The zero-order valence-corrected chi connectivity index (χ0v) is 11.7. The first-order chi connectivity index (χ1) is 9.33. The molecule has 1 fully saturated rings. The second-order valence-electron chi connectivity index (χ2n) is 6.39. The van der Waals surface area contributed by atoms with Crippen LogP contribution < -0.4 is 5.32 Å². The summed E-state index contributed by atoms with van der Waals surface area (Å²) in [5.74, 6) is 0. The Morgan fingerprint density at radius 1 is 1.16 bits per heavy atom. The van der Waals surface area contributed by atoms with Crippen molar-refractivity contribution in [3.63, 3.8) is 0 Å². The van der Waals surface area contributed by atoms with Crippen LogP contribution in [0.4, 0.5) is 0 Å². The Morgan fingerprint density at radius 3 is 2.74 bits per heavy atom. The van der Waals surface area contributed by atoms with Crippen LogP contribution in [0, 0.1) is 5.41 Å². The van der Waals surface area contributed by atoms with Gasteiger partial charge in [-0.25, -0.2) is 0 Å². The summed E-state index contributed by atoms with van der Waals surface area (Å²) in [4.78, 5) is 0. The number of nitrogens with one attached hydrogen (secondary N) is 1. The van der Waals surface area contributed by atoms with Crippen LogP contribution >= 0.6 is 0 Å². The number of fused-ring (bicyclic) bond motifs is 1. The molecule has 0 radical (unpaired) electrons. The maximum Gasteiger partial charge on any atom is 0.0499 e. The predicted molar refractivity (Wildman–Crippen MR) is 78.1 cm³/mol. The molecule has 1 unspecified atom stereocenters. The van der Waals surface area contributed by atoms with E-state index in [1.807, 2.05) is 0 Å². The highest BCUT2D eigenvalue weighted by molar-refractivity contribution is 5.34. The molecule has 1 aromatic rings. The summed E-state index contributed by atoms with van der Waals surface area (Å²) in [5, 5.41) is 13.5. The number of rotatable bonds is 4. The molecule has 2 nitrogen and oxygen atoms in total. The molecule has 0 saturated heterocycles. The van der Waals surface area contributed by atoms with Gasteiger partial charge in [-0.1, -0.05) is 43.5 Å². The van der Waals surface area contributed by atoms with Gasteiger partial charge in [0.05, 0.1) is 0 Å². The molecule has 19 heavy (non-hydrogen) atoms. The van der Waals surface area contributed by atoms with E-state index in [0.29, 0.717) is 12.6 Å². The van der Waals surface area contributed by atoms with Crippen LogP contribution in [-0.2, 0) is 6.42 Å². The summed E-state index contributed by atoms with van der Waals surface area (Å²) in [6.45, 7) is 1.32. The van der Waals surface area contributed by atoms with Crippen molar-refractivity contribution in [2.75, 3.05) is 13.2 Å². The number of benzene rings is 1. The van der Waals surface area contributed by atoms with Gasteiger partial charge < -0.3 is 10.4 Å². The van der Waals surface area contributed by atoms with Crippen LogP contribution in [0.2, 0.25) is 0 Å². The normalized spacial score (nSPS) is 25.2. The second-order valence-corrected chi connectivity index (χ2v) is 6.39. The van der Waals surface area contributed by atoms with E-state index in [0.717, 1.165) is 6.54 Å². The van der Waals surface area contributed by atoms with Crippen molar-refractivity contribution in [1.82, 2.24) is 5.32 Å². The third kappa shape index (κ3) is 2.70. The van der Waals surface area contributed by atoms with Gasteiger partial charge in [-0.05, 0) is 36.8 Å². The maximum absolute atomic E-state index is 9.77. The molecule has 1 atom stereocenters. The third-order valence-corrected chi connectivity index (χ3v) is 5.11. The van der Waals surface area contributed by atoms with Crippen molar-refractivity contribution < 1.29 is 5.11 Å². The number of aliphatic hydroxyl groups excluding tert-OH is 1. The van der Waals surface area contributed by atoms with Crippen LogP contribution in [0.3, 0.4) is 0 Å². The third-order valence-electron chi connectivity index (χ3n) is 5.11. The van der Waals surface area contributed by atoms with E-state index in [1.165, 1.54) is 56.1 Å². The number of aryl methyl sites for hydroxylation is 1. The van der Waals surface area contributed by atoms with Crippen LogP contribution in [0.1, 0.15) is 55.7 Å². The van der Waals surface area contributed by atoms with E-state index in [1.54, 1.807) is 0 Å². The number of hydrogen-bond donors (Lipinski definition) is 2. The minimum Gasteiger partial charge on any atom is -0.396 e. The van der Waals surface area contributed by atoms with Crippen LogP contribution in [-0.4, -0.2) is 18.3 Å². The molecule has 0 aliphatic heterocycles. The lowest BCUT2D eigenvalue weighted by molar-refractivity contribution is 0.0783. The number of hydrogen-bond acceptors (Lipinski definition) is 2. The minimum atomic E-state index is 0.149. The van der Waals surface area contributed by atoms with E-state index in [2.05, 4.69) is 29.6 Å². The molecule has 1 saturated carbocycles. The van der Waals surface area contributed by atoms with Crippen LogP contribution in [0.5, 0.6) is 0 Å². The Balaban J connectivity index is 1.63. The molecule has 2 heteroatoms. The quantitative estimate of drug-likeness (QED) is 0.870. The summed E-state index contributed by atoms with van der Waals surface area (Å²) in [6, 6.07) is 9.28. The van der Waals surface area contributed by atoms with Crippen molar-refractivity contribution in [2.45, 2.75) is 51.0 Å². The standard InChI is InChI=1S/C17H25NO/c19-13-17(10-4-1-5-11-17)12-18-16-9-8-14-6-2-3-7-15(14)16/h2-3,6-7,16,18-19H,1,4-5,8-13H2. The predicted octanol–water partition coefficient (Wildman–Crippen LogP) is 3.21. The summed E-state index contributed by atoms with van der Waals surface area (Å²) < 4.78 is 0. The van der Waals surface area contributed by atoms with Gasteiger partial charge in [-0.15, -0.1) is 0 Å². The van der Waals surface area contributed by atoms with E-state index < -0.39 is 0 Å². The molecule has 2 aliphatic rings. The first-order valence-corrected chi connectivity index (χ1v) is 7.75. The van der Waals surface area contributed by atoms with Gasteiger partial charge in [0.25, 0.3) is 0 Å². The van der Waals surface area contributed by atoms with Crippen molar-refractivity contribution in [3.8, 4) is 0 Å². The molecule has 2 N–H and O–H groups in total. The van der Waals surface area contributed by atoms with Crippen molar-refractivity contribution in [1.29, 1.82) is 0 Å². The van der Waals surface area contributed by atoms with Gasteiger partial charge in [0.1, 0.15) is 0 Å². The lowest BCUT2D eigenvalue weighted by Crippen LogP contribution is -2.40. The summed E-state index contributed by atoms with van der Waals surface area (Å²) in [7, 11) is 0. The molecule has 0 heterocycles. The average molecular weight is 259 g/mol. The molecule has 0 amide bonds. The van der Waals surface area contributed by atoms with Crippen molar-refractivity contribution in [3.05, 3.63) is 35.4 Å². The molecule has 1 aromatic carbocycles. The highest BCUT2D eigenvalue weighted by Gasteiger charge is 2.32. The molecule has 104 valence electrons. The smallest absolute Gasteiger partial charge is 0.0499 e. The zero-order valence-electron chi connectivity index (χ0n) is 11.7. The van der Waals surface area contributed by atoms with E-state index in [4.69, 9.17) is 0 Å². The number of aliphatic hydroxyl groups is 1. The summed E-state index contributed by atoms with van der Waals surface area (Å²) in [5.41, 5.74) is 3.13. The highest BCUT2D eigenvalue weighted by Crippen LogP contribution is 2.37. The Bertz CT molecular complexity index is 423. The van der Waals surface area contributed by atoms with Crippen LogP contribution in [0.15, 0.2) is 24.3 Å². The fraction of sp³-hybridized carbons (Fsp3) is 0.647. The Labute approximate surface area is 116 Å². The minimum absolute atomic E-state index is 0.149. The monoisotopic (exact) mass is 259 g/mol. The van der Waals surface area contributed by atoms with E-state index >= 15 is 0 Å². The Kier molecular flexibility index (Phi) is 3.90. The van der Waals surface area contributed by atoms with Gasteiger partial charge in [0.2, 0.25) is 0 Å². The van der Waals surface area contributed by atoms with Crippen molar-refractivity contribution in [2.24, 2.45) is 5.41 Å². The second kappa shape index (κ2) is 5.64. The van der Waals surface area contributed by atoms with Gasteiger partial charge in [0, 0.05) is 24.6 Å². The Hall–Kier alpha value is -0.860. The summed E-state index contributed by atoms with van der Waals surface area (Å²) >= 11 is 0. The molecule has 2 aliphatic carbocycles. The Morgan fingerprint density at radius 2 is 1.95 bits per heavy atom. The van der Waals surface area contributed by atoms with Crippen molar-refractivity contribution >= 4 is 0 Å². The van der Waals surface area contributed by atoms with E-state index in [9.17, 15) is 5.11 Å². The molecular weight excluding hydrogens is 234 g/mol. The first-order valence-electron chi connectivity index (χ1n) is 7.75. The molecular formula is C17H25NO. The largest absolute Gasteiger partial charge is 0.396 e. The fourth-order valence-electron chi connectivity index (χ4n) is 3.80. The lowest BCUT2D eigenvalue weighted by atomic mass is 9.74. The lowest BCUT2D eigenvalue weighted by Gasteiger charge is -2.36. The van der Waals surface area contributed by atoms with E-state index in [-0.39, 0.29) is 5.41 Å². The molecule has 0 aromatic heterocycles. The topological polar surface area (TPSA) is 32.3 Å². The molecule has 0 spiro atoms. The average Bonchev–Trinajstić information content (AvgIpc) is 2.89.